The molecule has 7 heteroatoms. The van der Waals surface area contributed by atoms with Gasteiger partial charge in [0.2, 0.25) is 5.95 Å². The van der Waals surface area contributed by atoms with Crippen molar-refractivity contribution in [2.75, 3.05) is 12.4 Å². The smallest absolute Gasteiger partial charge is 0.223 e. The van der Waals surface area contributed by atoms with Gasteiger partial charge in [-0.3, -0.25) is 9.97 Å². The van der Waals surface area contributed by atoms with E-state index in [1.54, 1.807) is 44.4 Å². The van der Waals surface area contributed by atoms with E-state index in [9.17, 15) is 0 Å². The molecule has 134 valence electrons. The van der Waals surface area contributed by atoms with E-state index in [1.807, 2.05) is 30.3 Å². The lowest BCUT2D eigenvalue weighted by molar-refractivity contribution is 0.414. The number of anilines is 1. The van der Waals surface area contributed by atoms with Gasteiger partial charge in [-0.05, 0) is 23.8 Å². The van der Waals surface area contributed by atoms with Crippen molar-refractivity contribution < 1.29 is 9.15 Å². The van der Waals surface area contributed by atoms with Gasteiger partial charge in [-0.25, -0.2) is 9.97 Å². The molecule has 0 saturated carbocycles. The maximum absolute atomic E-state index is 5.26. The van der Waals surface area contributed by atoms with Crippen LogP contribution in [0, 0.1) is 0 Å². The number of hydrogen-bond donors (Lipinski definition) is 1. The highest BCUT2D eigenvalue weighted by atomic mass is 16.5. The quantitative estimate of drug-likeness (QED) is 0.560. The third-order valence-electron chi connectivity index (χ3n) is 4.01. The SMILES string of the molecule is COc1cccc(CNc2ncc(-c3cnccn3)c(-c3ccoc3)n2)c1. The summed E-state index contributed by atoms with van der Waals surface area (Å²) in [6.07, 6.45) is 9.96. The van der Waals surface area contributed by atoms with Gasteiger partial charge >= 0.3 is 0 Å². The van der Waals surface area contributed by atoms with Crippen molar-refractivity contribution in [1.29, 1.82) is 0 Å². The molecule has 0 aliphatic carbocycles. The summed E-state index contributed by atoms with van der Waals surface area (Å²) in [7, 11) is 1.65. The van der Waals surface area contributed by atoms with Crippen molar-refractivity contribution in [2.45, 2.75) is 6.54 Å². The second-order valence-corrected chi connectivity index (χ2v) is 5.76. The Morgan fingerprint density at radius 3 is 2.85 bits per heavy atom. The molecule has 0 amide bonds. The average Bonchev–Trinajstić information content (AvgIpc) is 3.28. The summed E-state index contributed by atoms with van der Waals surface area (Å²) in [6, 6.07) is 9.70. The second kappa shape index (κ2) is 7.65. The summed E-state index contributed by atoms with van der Waals surface area (Å²) in [6.45, 7) is 0.576. The third-order valence-corrected chi connectivity index (χ3v) is 4.01. The number of methoxy groups -OCH3 is 1. The van der Waals surface area contributed by atoms with Crippen LogP contribution < -0.4 is 10.1 Å². The van der Waals surface area contributed by atoms with Gasteiger partial charge < -0.3 is 14.5 Å². The first kappa shape index (κ1) is 16.7. The predicted molar refractivity (Wildman–Crippen MR) is 101 cm³/mol. The van der Waals surface area contributed by atoms with E-state index < -0.39 is 0 Å². The van der Waals surface area contributed by atoms with E-state index in [4.69, 9.17) is 9.15 Å². The molecule has 0 unspecified atom stereocenters. The maximum Gasteiger partial charge on any atom is 0.223 e. The molecular weight excluding hydrogens is 342 g/mol. The highest BCUT2D eigenvalue weighted by Crippen LogP contribution is 2.29. The van der Waals surface area contributed by atoms with E-state index >= 15 is 0 Å². The molecule has 7 nitrogen and oxygen atoms in total. The molecule has 1 N–H and O–H groups in total. The van der Waals surface area contributed by atoms with Crippen LogP contribution in [0.5, 0.6) is 5.75 Å². The maximum atomic E-state index is 5.26. The number of nitrogens with one attached hydrogen (secondary N) is 1. The molecule has 0 aliphatic rings. The Labute approximate surface area is 156 Å². The molecule has 4 aromatic rings. The number of ether oxygens (including phenoxy) is 1. The van der Waals surface area contributed by atoms with Crippen molar-refractivity contribution >= 4 is 5.95 Å². The van der Waals surface area contributed by atoms with Gasteiger partial charge in [0.15, 0.2) is 0 Å². The molecule has 0 aliphatic heterocycles. The molecule has 4 rings (SSSR count). The van der Waals surface area contributed by atoms with E-state index in [0.717, 1.165) is 28.1 Å². The van der Waals surface area contributed by atoms with E-state index in [0.29, 0.717) is 18.2 Å². The van der Waals surface area contributed by atoms with Crippen molar-refractivity contribution in [2.24, 2.45) is 0 Å². The highest BCUT2D eigenvalue weighted by Gasteiger charge is 2.14. The first-order valence-electron chi connectivity index (χ1n) is 8.36. The van der Waals surface area contributed by atoms with Crippen LogP contribution in [0.2, 0.25) is 0 Å². The van der Waals surface area contributed by atoms with Gasteiger partial charge in [0, 0.05) is 36.3 Å². The summed E-state index contributed by atoms with van der Waals surface area (Å²) in [4.78, 5) is 17.6. The zero-order chi connectivity index (χ0) is 18.5. The summed E-state index contributed by atoms with van der Waals surface area (Å²) >= 11 is 0. The molecule has 0 radical (unpaired) electrons. The topological polar surface area (TPSA) is 86.0 Å². The Morgan fingerprint density at radius 2 is 2.07 bits per heavy atom. The van der Waals surface area contributed by atoms with Crippen LogP contribution in [0.3, 0.4) is 0 Å². The van der Waals surface area contributed by atoms with Crippen molar-refractivity contribution in [3.8, 4) is 28.3 Å². The number of furan rings is 1. The van der Waals surface area contributed by atoms with Gasteiger partial charge in [0.25, 0.3) is 0 Å². The molecule has 0 spiro atoms. The van der Waals surface area contributed by atoms with Gasteiger partial charge in [-0.1, -0.05) is 12.1 Å². The Bertz CT molecular complexity index is 1020. The summed E-state index contributed by atoms with van der Waals surface area (Å²) in [5, 5.41) is 3.25. The van der Waals surface area contributed by atoms with Crippen molar-refractivity contribution in [3.05, 3.63) is 73.2 Å². The average molecular weight is 359 g/mol. The first-order valence-corrected chi connectivity index (χ1v) is 8.36. The number of benzene rings is 1. The fourth-order valence-corrected chi connectivity index (χ4v) is 2.68. The third kappa shape index (κ3) is 3.77. The molecule has 1 aromatic carbocycles. The van der Waals surface area contributed by atoms with E-state index in [2.05, 4.69) is 25.3 Å². The monoisotopic (exact) mass is 359 g/mol. The van der Waals surface area contributed by atoms with Gasteiger partial charge in [0.1, 0.15) is 5.75 Å². The van der Waals surface area contributed by atoms with Gasteiger partial charge in [0.05, 0.1) is 37.2 Å². The van der Waals surface area contributed by atoms with Crippen LogP contribution in [-0.4, -0.2) is 27.0 Å². The normalized spacial score (nSPS) is 10.6. The lowest BCUT2D eigenvalue weighted by atomic mass is 10.1. The number of rotatable bonds is 6. The lowest BCUT2D eigenvalue weighted by Gasteiger charge is -2.10. The van der Waals surface area contributed by atoms with Gasteiger partial charge in [-0.2, -0.15) is 0 Å². The lowest BCUT2D eigenvalue weighted by Crippen LogP contribution is -2.05. The predicted octanol–water partition coefficient (Wildman–Crippen LogP) is 3.81. The Morgan fingerprint density at radius 1 is 1.11 bits per heavy atom. The van der Waals surface area contributed by atoms with E-state index in [-0.39, 0.29) is 0 Å². The molecule has 3 heterocycles. The Balaban J connectivity index is 1.64. The Kier molecular flexibility index (Phi) is 4.74. The van der Waals surface area contributed by atoms with Crippen LogP contribution in [0.4, 0.5) is 5.95 Å². The number of aromatic nitrogens is 4. The zero-order valence-corrected chi connectivity index (χ0v) is 14.7. The van der Waals surface area contributed by atoms with Crippen molar-refractivity contribution in [1.82, 2.24) is 19.9 Å². The number of hydrogen-bond acceptors (Lipinski definition) is 7. The highest BCUT2D eigenvalue weighted by molar-refractivity contribution is 5.78. The van der Waals surface area contributed by atoms with E-state index in [1.165, 1.54) is 0 Å². The van der Waals surface area contributed by atoms with Crippen LogP contribution in [0.25, 0.3) is 22.5 Å². The second-order valence-electron chi connectivity index (χ2n) is 5.76. The minimum absolute atomic E-state index is 0.515. The van der Waals surface area contributed by atoms with Crippen LogP contribution >= 0.6 is 0 Å². The van der Waals surface area contributed by atoms with Crippen LogP contribution in [0.1, 0.15) is 5.56 Å². The minimum atomic E-state index is 0.515. The summed E-state index contributed by atoms with van der Waals surface area (Å²) in [5.41, 5.74) is 4.14. The van der Waals surface area contributed by atoms with Crippen molar-refractivity contribution in [3.63, 3.8) is 0 Å². The van der Waals surface area contributed by atoms with Crippen LogP contribution in [0.15, 0.2) is 72.1 Å². The standard InChI is InChI=1S/C20H17N5O2/c1-26-16-4-2-3-14(9-16)10-23-20-24-11-17(18-12-21-6-7-22-18)19(25-20)15-5-8-27-13-15/h2-9,11-13H,10H2,1H3,(H,23,24,25). The van der Waals surface area contributed by atoms with Crippen LogP contribution in [-0.2, 0) is 6.54 Å². The molecule has 0 saturated heterocycles. The number of nitrogens with zero attached hydrogens (tertiary/aromatic N) is 4. The molecular formula is C20H17N5O2. The molecule has 0 fully saturated rings. The fraction of sp³-hybridized carbons (Fsp3) is 0.100. The minimum Gasteiger partial charge on any atom is -0.497 e. The van der Waals surface area contributed by atoms with Gasteiger partial charge in [-0.15, -0.1) is 0 Å². The Hall–Kier alpha value is -3.74. The largest absolute Gasteiger partial charge is 0.497 e. The molecule has 0 bridgehead atoms. The molecule has 27 heavy (non-hydrogen) atoms. The first-order chi connectivity index (χ1) is 13.3. The summed E-state index contributed by atoms with van der Waals surface area (Å²) in [5.74, 6) is 1.33. The summed E-state index contributed by atoms with van der Waals surface area (Å²) < 4.78 is 10.5. The fourth-order valence-electron chi connectivity index (χ4n) is 2.68. The molecule has 0 atom stereocenters. The zero-order valence-electron chi connectivity index (χ0n) is 14.7. The molecule has 3 aromatic heterocycles.